The Kier molecular flexibility index (Phi) is 3.25. The Hall–Kier alpha value is -1.26. The SMILES string of the molecule is CC(C)(C)OC(=O)N1C[C@@H]2CC[C@@H]1[C@H](C(=O)O)C2. The van der Waals surface area contributed by atoms with Crippen molar-refractivity contribution in [3.8, 4) is 0 Å². The zero-order chi connectivity index (χ0) is 13.5. The molecule has 5 nitrogen and oxygen atoms in total. The van der Waals surface area contributed by atoms with Gasteiger partial charge in [-0.15, -0.1) is 0 Å². The molecule has 2 heterocycles. The van der Waals surface area contributed by atoms with E-state index in [0.29, 0.717) is 18.9 Å². The minimum absolute atomic E-state index is 0.192. The van der Waals surface area contributed by atoms with Crippen LogP contribution in [0.25, 0.3) is 0 Å². The van der Waals surface area contributed by atoms with Gasteiger partial charge in [0.1, 0.15) is 5.60 Å². The van der Waals surface area contributed by atoms with Gasteiger partial charge in [-0.2, -0.15) is 0 Å². The zero-order valence-corrected chi connectivity index (χ0v) is 11.2. The van der Waals surface area contributed by atoms with Gasteiger partial charge in [0.15, 0.2) is 0 Å². The standard InChI is InChI=1S/C13H21NO4/c1-13(2,3)18-12(17)14-7-8-4-5-10(14)9(6-8)11(15)16/h8-10H,4-7H2,1-3H3,(H,15,16)/t8-,9-,10-/m1/s1. The van der Waals surface area contributed by atoms with Crippen LogP contribution in [0.2, 0.25) is 0 Å². The number of amides is 1. The van der Waals surface area contributed by atoms with Crippen molar-refractivity contribution in [3.63, 3.8) is 0 Å². The van der Waals surface area contributed by atoms with E-state index in [2.05, 4.69) is 0 Å². The van der Waals surface area contributed by atoms with Crippen molar-refractivity contribution >= 4 is 12.1 Å². The minimum atomic E-state index is -0.794. The van der Waals surface area contributed by atoms with E-state index in [0.717, 1.165) is 12.8 Å². The Morgan fingerprint density at radius 3 is 2.44 bits per heavy atom. The van der Waals surface area contributed by atoms with Gasteiger partial charge in [0.25, 0.3) is 0 Å². The third kappa shape index (κ3) is 2.60. The molecule has 1 N–H and O–H groups in total. The lowest BCUT2D eigenvalue weighted by atomic mass is 9.73. The van der Waals surface area contributed by atoms with Crippen molar-refractivity contribution in [1.82, 2.24) is 4.90 Å². The maximum atomic E-state index is 12.1. The van der Waals surface area contributed by atoms with Gasteiger partial charge in [-0.25, -0.2) is 4.79 Å². The Bertz CT molecular complexity index is 360. The average molecular weight is 255 g/mol. The van der Waals surface area contributed by atoms with Crippen molar-refractivity contribution in [2.45, 2.75) is 51.7 Å². The monoisotopic (exact) mass is 255 g/mol. The number of piperidine rings is 2. The quantitative estimate of drug-likeness (QED) is 0.779. The number of rotatable bonds is 1. The van der Waals surface area contributed by atoms with E-state index in [1.165, 1.54) is 0 Å². The van der Waals surface area contributed by atoms with E-state index >= 15 is 0 Å². The van der Waals surface area contributed by atoms with Gasteiger partial charge in [0, 0.05) is 12.6 Å². The highest BCUT2D eigenvalue weighted by molar-refractivity contribution is 5.74. The Labute approximate surface area is 107 Å². The van der Waals surface area contributed by atoms with Crippen LogP contribution in [0.15, 0.2) is 0 Å². The summed E-state index contributed by atoms with van der Waals surface area (Å²) in [7, 11) is 0. The molecular formula is C13H21NO4. The maximum absolute atomic E-state index is 12.1. The largest absolute Gasteiger partial charge is 0.481 e. The summed E-state index contributed by atoms with van der Waals surface area (Å²) in [6.45, 7) is 6.11. The number of carboxylic acid groups (broad SMARTS) is 1. The molecule has 5 heteroatoms. The fourth-order valence-corrected chi connectivity index (χ4v) is 2.99. The average Bonchev–Trinajstić information content (AvgIpc) is 2.27. The third-order valence-corrected chi connectivity index (χ3v) is 3.72. The van der Waals surface area contributed by atoms with Gasteiger partial charge < -0.3 is 14.7 Å². The van der Waals surface area contributed by atoms with Crippen LogP contribution < -0.4 is 0 Å². The van der Waals surface area contributed by atoms with Crippen LogP contribution in [-0.4, -0.2) is 40.3 Å². The van der Waals surface area contributed by atoms with Crippen molar-refractivity contribution in [3.05, 3.63) is 0 Å². The minimum Gasteiger partial charge on any atom is -0.481 e. The van der Waals surface area contributed by atoms with Crippen LogP contribution in [0.1, 0.15) is 40.0 Å². The first-order chi connectivity index (χ1) is 8.28. The molecule has 2 saturated heterocycles. The lowest BCUT2D eigenvalue weighted by Gasteiger charge is -2.48. The Balaban J connectivity index is 2.10. The fourth-order valence-electron chi connectivity index (χ4n) is 2.99. The molecule has 0 aromatic rings. The molecule has 0 aromatic carbocycles. The number of carbonyl (C=O) groups excluding carboxylic acids is 1. The molecule has 0 radical (unpaired) electrons. The highest BCUT2D eigenvalue weighted by atomic mass is 16.6. The molecule has 0 unspecified atom stereocenters. The molecule has 0 aromatic heterocycles. The van der Waals surface area contributed by atoms with E-state index in [1.807, 2.05) is 20.8 Å². The number of fused-ring (bicyclic) bond motifs is 3. The molecule has 1 saturated carbocycles. The van der Waals surface area contributed by atoms with Gasteiger partial charge in [0.2, 0.25) is 0 Å². The van der Waals surface area contributed by atoms with Crippen LogP contribution in [-0.2, 0) is 9.53 Å². The first-order valence-corrected chi connectivity index (χ1v) is 6.50. The molecule has 2 aliphatic heterocycles. The maximum Gasteiger partial charge on any atom is 0.410 e. The van der Waals surface area contributed by atoms with Gasteiger partial charge in [-0.1, -0.05) is 0 Å². The van der Waals surface area contributed by atoms with Crippen LogP contribution >= 0.6 is 0 Å². The second kappa shape index (κ2) is 4.44. The van der Waals surface area contributed by atoms with Crippen molar-refractivity contribution in [2.75, 3.05) is 6.54 Å². The lowest BCUT2D eigenvalue weighted by Crippen LogP contribution is -2.57. The first kappa shape index (κ1) is 13.2. The summed E-state index contributed by atoms with van der Waals surface area (Å²) in [6, 6.07) is -0.192. The van der Waals surface area contributed by atoms with Gasteiger partial charge >= 0.3 is 12.1 Å². The number of aliphatic carboxylic acids is 1. The van der Waals surface area contributed by atoms with E-state index in [-0.39, 0.29) is 12.1 Å². The van der Waals surface area contributed by atoms with E-state index in [4.69, 9.17) is 4.74 Å². The van der Waals surface area contributed by atoms with Crippen LogP contribution in [0, 0.1) is 11.8 Å². The summed E-state index contributed by atoms with van der Waals surface area (Å²) >= 11 is 0. The van der Waals surface area contributed by atoms with E-state index in [1.54, 1.807) is 4.90 Å². The first-order valence-electron chi connectivity index (χ1n) is 6.50. The smallest absolute Gasteiger partial charge is 0.410 e. The summed E-state index contributed by atoms with van der Waals surface area (Å²) < 4.78 is 5.35. The predicted octanol–water partition coefficient (Wildman–Crippen LogP) is 2.11. The highest BCUT2D eigenvalue weighted by Crippen LogP contribution is 2.39. The number of hydrogen-bond donors (Lipinski definition) is 1. The molecular weight excluding hydrogens is 234 g/mol. The lowest BCUT2D eigenvalue weighted by molar-refractivity contribution is -0.149. The predicted molar refractivity (Wildman–Crippen MR) is 65.2 cm³/mol. The summed E-state index contributed by atoms with van der Waals surface area (Å²) in [5.74, 6) is -0.911. The third-order valence-electron chi connectivity index (χ3n) is 3.72. The zero-order valence-electron chi connectivity index (χ0n) is 11.2. The van der Waals surface area contributed by atoms with E-state index < -0.39 is 17.5 Å². The number of carbonyl (C=O) groups is 2. The molecule has 3 aliphatic rings. The molecule has 3 fully saturated rings. The van der Waals surface area contributed by atoms with Gasteiger partial charge in [0.05, 0.1) is 5.92 Å². The molecule has 1 aliphatic carbocycles. The molecule has 3 atom stereocenters. The normalized spacial score (nSPS) is 31.3. The number of carboxylic acids is 1. The molecule has 18 heavy (non-hydrogen) atoms. The Morgan fingerprint density at radius 2 is 1.94 bits per heavy atom. The fraction of sp³-hybridized carbons (Fsp3) is 0.846. The summed E-state index contributed by atoms with van der Waals surface area (Å²) in [4.78, 5) is 24.9. The van der Waals surface area contributed by atoms with Crippen molar-refractivity contribution < 1.29 is 19.4 Å². The molecule has 3 rings (SSSR count). The highest BCUT2D eigenvalue weighted by Gasteiger charge is 2.46. The molecule has 0 spiro atoms. The van der Waals surface area contributed by atoms with Crippen LogP contribution in [0.3, 0.4) is 0 Å². The summed E-state index contributed by atoms with van der Waals surface area (Å²) in [6.07, 6.45) is 2.12. The number of ether oxygens (including phenoxy) is 1. The summed E-state index contributed by atoms with van der Waals surface area (Å²) in [5, 5.41) is 9.21. The van der Waals surface area contributed by atoms with Crippen molar-refractivity contribution in [2.24, 2.45) is 11.8 Å². The van der Waals surface area contributed by atoms with Crippen molar-refractivity contribution in [1.29, 1.82) is 0 Å². The van der Waals surface area contributed by atoms with Gasteiger partial charge in [-0.3, -0.25) is 4.79 Å². The van der Waals surface area contributed by atoms with Gasteiger partial charge in [-0.05, 0) is 46.0 Å². The molecule has 1 amide bonds. The topological polar surface area (TPSA) is 66.8 Å². The van der Waals surface area contributed by atoms with Crippen LogP contribution in [0.4, 0.5) is 4.79 Å². The second-order valence-corrected chi connectivity index (χ2v) is 6.32. The summed E-state index contributed by atoms with van der Waals surface area (Å²) in [5.41, 5.74) is -0.535. The Morgan fingerprint density at radius 1 is 1.28 bits per heavy atom. The van der Waals surface area contributed by atoms with Crippen LogP contribution in [0.5, 0.6) is 0 Å². The molecule has 102 valence electrons. The second-order valence-electron chi connectivity index (χ2n) is 6.32. The number of hydrogen-bond acceptors (Lipinski definition) is 3. The van der Waals surface area contributed by atoms with E-state index in [9.17, 15) is 14.7 Å². The number of nitrogens with zero attached hydrogens (tertiary/aromatic N) is 1. The molecule has 2 bridgehead atoms.